The predicted octanol–water partition coefficient (Wildman–Crippen LogP) is 0.838. The van der Waals surface area contributed by atoms with E-state index in [1.54, 1.807) is 22.3 Å². The van der Waals surface area contributed by atoms with Crippen LogP contribution in [0.5, 0.6) is 5.75 Å². The number of fused-ring (bicyclic) bond motifs is 2. The number of carbonyl (C=O) groups excluding carboxylic acids is 1. The van der Waals surface area contributed by atoms with Gasteiger partial charge in [0, 0.05) is 40.9 Å². The van der Waals surface area contributed by atoms with Crippen molar-refractivity contribution in [2.75, 3.05) is 50.8 Å². The average molecular weight is 598 g/mol. The van der Waals surface area contributed by atoms with E-state index in [2.05, 4.69) is 34.5 Å². The van der Waals surface area contributed by atoms with Crippen LogP contribution >= 0.6 is 11.3 Å². The molecule has 3 heterocycles. The molecule has 1 aliphatic heterocycles. The first-order valence-corrected chi connectivity index (χ1v) is 15.6. The van der Waals surface area contributed by atoms with Crippen molar-refractivity contribution in [1.29, 1.82) is 0 Å². The van der Waals surface area contributed by atoms with Crippen molar-refractivity contribution in [3.8, 4) is 5.75 Å². The second-order valence-electron chi connectivity index (χ2n) is 10.7. The SMILES string of the molecule is O=C(CCCCCO)OCn1c(=O)ccc2ccc(OCCCC[NH+]3CCN(c4cccc5sccc45)CC3)cc21.[F-]. The summed E-state index contributed by atoms with van der Waals surface area (Å²) >= 11 is 1.81. The molecule has 226 valence electrons. The first-order valence-electron chi connectivity index (χ1n) is 14.7. The summed E-state index contributed by atoms with van der Waals surface area (Å²) in [7, 11) is 0. The van der Waals surface area contributed by atoms with Crippen LogP contribution in [0.2, 0.25) is 0 Å². The zero-order valence-corrected chi connectivity index (χ0v) is 24.8. The lowest BCUT2D eigenvalue weighted by molar-refractivity contribution is -0.900. The Balaban J connectivity index is 0.00000405. The molecule has 10 heteroatoms. The Morgan fingerprint density at radius 2 is 1.81 bits per heavy atom. The summed E-state index contributed by atoms with van der Waals surface area (Å²) < 4.78 is 14.2. The van der Waals surface area contributed by atoms with Gasteiger partial charge in [-0.2, -0.15) is 0 Å². The van der Waals surface area contributed by atoms with Gasteiger partial charge in [0.05, 0.1) is 44.8 Å². The highest BCUT2D eigenvalue weighted by Crippen LogP contribution is 2.30. The maximum absolute atomic E-state index is 12.6. The van der Waals surface area contributed by atoms with E-state index in [0.717, 1.165) is 57.4 Å². The van der Waals surface area contributed by atoms with Gasteiger partial charge in [0.2, 0.25) is 0 Å². The Hall–Kier alpha value is -3.47. The molecule has 0 atom stereocenters. The van der Waals surface area contributed by atoms with Crippen LogP contribution in [0, 0.1) is 0 Å². The van der Waals surface area contributed by atoms with Crippen molar-refractivity contribution in [3.05, 3.63) is 70.3 Å². The zero-order chi connectivity index (χ0) is 28.4. The first kappa shape index (κ1) is 31.5. The number of unbranched alkanes of at least 4 members (excludes halogenated alkanes) is 3. The van der Waals surface area contributed by atoms with Crippen molar-refractivity contribution in [2.45, 2.75) is 45.3 Å². The van der Waals surface area contributed by atoms with Crippen LogP contribution in [-0.4, -0.2) is 61.6 Å². The minimum absolute atomic E-state index is 0. The van der Waals surface area contributed by atoms with Crippen molar-refractivity contribution in [2.24, 2.45) is 0 Å². The molecule has 2 aromatic carbocycles. The number of ether oxygens (including phenoxy) is 2. The third-order valence-electron chi connectivity index (χ3n) is 7.84. The van der Waals surface area contributed by atoms with E-state index in [4.69, 9.17) is 14.6 Å². The van der Waals surface area contributed by atoms with E-state index in [0.29, 0.717) is 30.7 Å². The van der Waals surface area contributed by atoms with Gasteiger partial charge in [-0.15, -0.1) is 11.3 Å². The van der Waals surface area contributed by atoms with Crippen LogP contribution in [0.1, 0.15) is 38.5 Å². The number of aromatic nitrogens is 1. The number of thiophene rings is 1. The van der Waals surface area contributed by atoms with Gasteiger partial charge in [0.25, 0.3) is 5.56 Å². The lowest BCUT2D eigenvalue weighted by atomic mass is 10.2. The molecule has 0 aliphatic carbocycles. The van der Waals surface area contributed by atoms with Crippen LogP contribution in [0.15, 0.2) is 64.8 Å². The fraction of sp³-hybridized carbons (Fsp3) is 0.438. The summed E-state index contributed by atoms with van der Waals surface area (Å²) in [6.45, 7) is 6.21. The number of pyridine rings is 1. The highest BCUT2D eigenvalue weighted by molar-refractivity contribution is 7.17. The summed E-state index contributed by atoms with van der Waals surface area (Å²) in [6, 6.07) is 17.8. The fourth-order valence-corrected chi connectivity index (χ4v) is 6.30. The summed E-state index contributed by atoms with van der Waals surface area (Å²) in [4.78, 5) is 28.8. The first-order chi connectivity index (χ1) is 20.1. The number of carbonyl (C=O) groups is 1. The van der Waals surface area contributed by atoms with Crippen LogP contribution in [0.4, 0.5) is 5.69 Å². The number of nitrogens with zero attached hydrogens (tertiary/aromatic N) is 2. The van der Waals surface area contributed by atoms with Crippen LogP contribution in [0.3, 0.4) is 0 Å². The molecule has 0 unspecified atom stereocenters. The standard InChI is InChI=1S/C32H39N3O5S.FH/c36-20-4-1-2-9-32(38)40-24-35-29-23-26(12-10-25(29)11-13-31(35)37)39-21-5-3-15-33-16-18-34(19-17-33)28-7-6-8-30-27(28)14-22-41-30;/h6-8,10-14,22-23,36H,1-5,9,15-21,24H2;1H. The molecule has 8 nitrogen and oxygen atoms in total. The number of piperazine rings is 1. The molecule has 2 N–H and O–H groups in total. The van der Waals surface area contributed by atoms with E-state index in [1.807, 2.05) is 18.2 Å². The van der Waals surface area contributed by atoms with E-state index in [1.165, 1.54) is 26.4 Å². The Morgan fingerprint density at radius 1 is 0.976 bits per heavy atom. The Labute approximate surface area is 249 Å². The molecule has 0 radical (unpaired) electrons. The van der Waals surface area contributed by atoms with Crippen LogP contribution in [-0.2, 0) is 16.3 Å². The van der Waals surface area contributed by atoms with Crippen molar-refractivity contribution in [1.82, 2.24) is 4.57 Å². The highest BCUT2D eigenvalue weighted by atomic mass is 32.1. The van der Waals surface area contributed by atoms with Crippen LogP contribution in [0.25, 0.3) is 21.0 Å². The predicted molar refractivity (Wildman–Crippen MR) is 164 cm³/mol. The van der Waals surface area contributed by atoms with E-state index in [9.17, 15) is 9.59 Å². The summed E-state index contributed by atoms with van der Waals surface area (Å²) in [6.07, 6.45) is 4.44. The molecule has 0 amide bonds. The summed E-state index contributed by atoms with van der Waals surface area (Å²) in [5.74, 6) is 0.360. The molecule has 0 bridgehead atoms. The number of halogens is 1. The third-order valence-corrected chi connectivity index (χ3v) is 8.72. The number of nitrogens with one attached hydrogen (secondary N) is 1. The van der Waals surface area contributed by atoms with E-state index >= 15 is 0 Å². The quantitative estimate of drug-likeness (QED) is 0.166. The number of quaternary nitrogens is 1. The molecule has 0 saturated carbocycles. The number of aliphatic hydroxyl groups excluding tert-OH is 1. The second kappa shape index (κ2) is 15.7. The molecule has 1 fully saturated rings. The number of rotatable bonds is 14. The highest BCUT2D eigenvalue weighted by Gasteiger charge is 2.21. The lowest BCUT2D eigenvalue weighted by Gasteiger charge is -2.34. The van der Waals surface area contributed by atoms with Gasteiger partial charge in [-0.05, 0) is 72.8 Å². The lowest BCUT2D eigenvalue weighted by Crippen LogP contribution is -3.14. The van der Waals surface area contributed by atoms with Gasteiger partial charge in [0.15, 0.2) is 6.73 Å². The number of esters is 1. The van der Waals surface area contributed by atoms with Crippen LogP contribution < -0.4 is 24.8 Å². The minimum atomic E-state index is -0.345. The number of hydrogen-bond donors (Lipinski definition) is 2. The fourth-order valence-electron chi connectivity index (χ4n) is 5.49. The largest absolute Gasteiger partial charge is 1.00 e. The van der Waals surface area contributed by atoms with Gasteiger partial charge in [-0.25, -0.2) is 0 Å². The smallest absolute Gasteiger partial charge is 0.307 e. The second-order valence-corrected chi connectivity index (χ2v) is 11.6. The molecular formula is C32H40FN3O5S. The normalized spacial score (nSPS) is 13.8. The molecule has 42 heavy (non-hydrogen) atoms. The molecule has 0 spiro atoms. The topological polar surface area (TPSA) is 85.4 Å². The Bertz CT molecular complexity index is 1500. The number of anilines is 1. The molecule has 1 saturated heterocycles. The van der Waals surface area contributed by atoms with Crippen molar-refractivity contribution < 1.29 is 29.0 Å². The van der Waals surface area contributed by atoms with E-state index in [-0.39, 0.29) is 36.0 Å². The van der Waals surface area contributed by atoms with Gasteiger partial charge in [-0.1, -0.05) is 12.5 Å². The number of aliphatic hydroxyl groups is 1. The molecule has 5 rings (SSSR count). The Kier molecular flexibility index (Phi) is 11.7. The maximum Gasteiger partial charge on any atom is 0.307 e. The number of benzene rings is 2. The number of hydrogen-bond acceptors (Lipinski definition) is 7. The maximum atomic E-state index is 12.6. The molecule has 4 aromatic rings. The van der Waals surface area contributed by atoms with Gasteiger partial charge in [-0.3, -0.25) is 14.2 Å². The third kappa shape index (κ3) is 8.08. The van der Waals surface area contributed by atoms with Crippen molar-refractivity contribution in [3.63, 3.8) is 0 Å². The molecule has 1 aliphatic rings. The molecular weight excluding hydrogens is 557 g/mol. The van der Waals surface area contributed by atoms with Crippen molar-refractivity contribution >= 4 is 44.0 Å². The summed E-state index contributed by atoms with van der Waals surface area (Å²) in [5, 5.41) is 13.3. The minimum Gasteiger partial charge on any atom is -1.00 e. The van der Waals surface area contributed by atoms with Gasteiger partial charge >= 0.3 is 5.97 Å². The Morgan fingerprint density at radius 3 is 2.64 bits per heavy atom. The monoisotopic (exact) mass is 597 g/mol. The van der Waals surface area contributed by atoms with Gasteiger partial charge < -0.3 is 29.1 Å². The average Bonchev–Trinajstić information content (AvgIpc) is 3.48. The van der Waals surface area contributed by atoms with E-state index < -0.39 is 0 Å². The van der Waals surface area contributed by atoms with Gasteiger partial charge in [0.1, 0.15) is 5.75 Å². The molecule has 2 aromatic heterocycles. The summed E-state index contributed by atoms with van der Waals surface area (Å²) in [5.41, 5.74) is 1.82. The zero-order valence-electron chi connectivity index (χ0n) is 23.9.